The Labute approximate surface area is 370 Å². The average molecular weight is 823 g/mol. The van der Waals surface area contributed by atoms with E-state index in [2.05, 4.69) is 218 Å². The minimum Gasteiger partial charge on any atom is -0.507 e. The summed E-state index contributed by atoms with van der Waals surface area (Å²) in [6.07, 6.45) is 3.17. The predicted octanol–water partition coefficient (Wildman–Crippen LogP) is 15.4. The van der Waals surface area contributed by atoms with Crippen molar-refractivity contribution in [3.63, 3.8) is 0 Å². The Morgan fingerprint density at radius 3 is 1.11 bits per heavy atom. The van der Waals surface area contributed by atoms with E-state index in [1.165, 1.54) is 23.1 Å². The molecule has 0 saturated heterocycles. The molecule has 0 aliphatic rings. The van der Waals surface area contributed by atoms with Gasteiger partial charge in [0.25, 0.3) is 0 Å². The summed E-state index contributed by atoms with van der Waals surface area (Å²) in [4.78, 5) is 2.44. The minimum atomic E-state index is -0.225. The van der Waals surface area contributed by atoms with Gasteiger partial charge in [-0.3, -0.25) is 0 Å². The molecule has 4 nitrogen and oxygen atoms in total. The number of hydrogen-bond acceptors (Lipinski definition) is 4. The van der Waals surface area contributed by atoms with Gasteiger partial charge in [-0.05, 0) is 163 Å². The predicted molar refractivity (Wildman–Crippen MR) is 263 cm³/mol. The Bertz CT molecular complexity index is 2080. The first-order valence-electron chi connectivity index (χ1n) is 22.6. The highest BCUT2D eigenvalue weighted by Gasteiger charge is 2.29. The van der Waals surface area contributed by atoms with Crippen LogP contribution >= 0.6 is 0 Å². The van der Waals surface area contributed by atoms with Crippen LogP contribution < -0.4 is 10.2 Å². The molecule has 0 bridgehead atoms. The molecule has 0 amide bonds. The molecule has 5 aromatic carbocycles. The molecule has 0 radical (unpaired) electrons. The van der Waals surface area contributed by atoms with E-state index in [9.17, 15) is 10.2 Å². The lowest BCUT2D eigenvalue weighted by atomic mass is 9.78. The van der Waals surface area contributed by atoms with Gasteiger partial charge in [-0.25, -0.2) is 0 Å². The molecule has 0 fully saturated rings. The van der Waals surface area contributed by atoms with Gasteiger partial charge in [-0.15, -0.1) is 0 Å². The Morgan fingerprint density at radius 1 is 0.459 bits per heavy atom. The SMILES string of the molecule is CC(Cc1ccc(Nc2ccc(Cc3ccc(N(Cc4cc(C(C)(C)C)c(O)c(C(C)(C)C)c4)Cc4cc(C(C)(C)C)c(O)c(C(C)(C)C)c4)cc3)cc2)cc1)CC(C)(C)C. The number of hydrogen-bond donors (Lipinski definition) is 3. The Kier molecular flexibility index (Phi) is 13.9. The third kappa shape index (κ3) is 12.9. The molecule has 0 aromatic heterocycles. The number of nitrogens with one attached hydrogen (secondary N) is 1. The summed E-state index contributed by atoms with van der Waals surface area (Å²) in [5.41, 5.74) is 12.9. The fraction of sp³-hybridized carbons (Fsp3) is 0.474. The van der Waals surface area contributed by atoms with E-state index >= 15 is 0 Å². The van der Waals surface area contributed by atoms with Gasteiger partial charge in [0, 0.05) is 30.2 Å². The van der Waals surface area contributed by atoms with Crippen molar-refractivity contribution in [1.82, 2.24) is 0 Å². The largest absolute Gasteiger partial charge is 0.507 e. The monoisotopic (exact) mass is 823 g/mol. The lowest BCUT2D eigenvalue weighted by Gasteiger charge is -2.32. The number of rotatable bonds is 12. The van der Waals surface area contributed by atoms with E-state index in [-0.39, 0.29) is 21.7 Å². The first-order valence-corrected chi connectivity index (χ1v) is 22.6. The number of aromatic hydroxyl groups is 2. The van der Waals surface area contributed by atoms with E-state index in [1.807, 2.05) is 0 Å². The van der Waals surface area contributed by atoms with Gasteiger partial charge in [-0.1, -0.05) is 147 Å². The molecule has 3 N–H and O–H groups in total. The summed E-state index contributed by atoms with van der Waals surface area (Å²) in [7, 11) is 0. The smallest absolute Gasteiger partial charge is 0.123 e. The Hall–Kier alpha value is -4.70. The molecular formula is C57H78N2O2. The van der Waals surface area contributed by atoms with Gasteiger partial charge in [0.05, 0.1) is 0 Å². The standard InChI is InChI=1S/C57H78N2O2/c1-38(35-53(2,3)4)29-39-17-23-44(24-18-39)58-45-25-19-40(20-26-45)30-41-21-27-46(28-22-41)59(36-42-31-47(54(5,6)7)51(60)48(32-42)55(8,9)10)37-43-33-49(56(11,12)13)52(61)50(34-43)57(14,15)16/h17-28,31-34,38,58,60-61H,29-30,35-37H2,1-16H3. The molecule has 5 rings (SSSR count). The second-order valence-electron chi connectivity index (χ2n) is 23.4. The van der Waals surface area contributed by atoms with Crippen LogP contribution in [0.15, 0.2) is 97.1 Å². The zero-order valence-corrected chi connectivity index (χ0v) is 40.7. The summed E-state index contributed by atoms with van der Waals surface area (Å²) in [6.45, 7) is 36.7. The van der Waals surface area contributed by atoms with Crippen molar-refractivity contribution in [3.8, 4) is 11.5 Å². The molecule has 0 aliphatic heterocycles. The van der Waals surface area contributed by atoms with E-state index in [1.54, 1.807) is 0 Å². The molecular weight excluding hydrogens is 745 g/mol. The summed E-state index contributed by atoms with van der Waals surface area (Å²) >= 11 is 0. The van der Waals surface area contributed by atoms with Crippen LogP contribution in [-0.4, -0.2) is 10.2 Å². The van der Waals surface area contributed by atoms with Crippen molar-refractivity contribution < 1.29 is 10.2 Å². The summed E-state index contributed by atoms with van der Waals surface area (Å²) in [6, 6.07) is 35.5. The highest BCUT2D eigenvalue weighted by molar-refractivity contribution is 5.61. The van der Waals surface area contributed by atoms with Crippen LogP contribution in [0.5, 0.6) is 11.5 Å². The average Bonchev–Trinajstić information content (AvgIpc) is 3.12. The minimum absolute atomic E-state index is 0.225. The maximum atomic E-state index is 11.6. The van der Waals surface area contributed by atoms with Crippen molar-refractivity contribution in [3.05, 3.63) is 147 Å². The summed E-state index contributed by atoms with van der Waals surface area (Å²) in [5, 5.41) is 26.7. The molecule has 328 valence electrons. The highest BCUT2D eigenvalue weighted by atomic mass is 16.3. The molecule has 61 heavy (non-hydrogen) atoms. The Morgan fingerprint density at radius 2 is 0.787 bits per heavy atom. The van der Waals surface area contributed by atoms with Gasteiger partial charge in [0.1, 0.15) is 11.5 Å². The van der Waals surface area contributed by atoms with Gasteiger partial charge < -0.3 is 20.4 Å². The molecule has 4 heteroatoms. The number of benzene rings is 5. The third-order valence-corrected chi connectivity index (χ3v) is 11.8. The van der Waals surface area contributed by atoms with Crippen molar-refractivity contribution in [2.24, 2.45) is 11.3 Å². The number of anilines is 3. The van der Waals surface area contributed by atoms with Crippen LogP contribution in [0.4, 0.5) is 17.1 Å². The van der Waals surface area contributed by atoms with Crippen molar-refractivity contribution in [2.45, 2.75) is 165 Å². The van der Waals surface area contributed by atoms with Gasteiger partial charge in [-0.2, -0.15) is 0 Å². The molecule has 1 unspecified atom stereocenters. The second-order valence-corrected chi connectivity index (χ2v) is 23.4. The van der Waals surface area contributed by atoms with Gasteiger partial charge >= 0.3 is 0 Å². The third-order valence-electron chi connectivity index (χ3n) is 11.8. The van der Waals surface area contributed by atoms with Crippen molar-refractivity contribution in [1.29, 1.82) is 0 Å². The van der Waals surface area contributed by atoms with E-state index in [4.69, 9.17) is 0 Å². The van der Waals surface area contributed by atoms with Crippen LogP contribution in [0.1, 0.15) is 167 Å². The van der Waals surface area contributed by atoms with E-state index in [0.717, 1.165) is 63.3 Å². The molecule has 0 spiro atoms. The zero-order valence-electron chi connectivity index (χ0n) is 40.7. The van der Waals surface area contributed by atoms with Crippen LogP contribution in [0.25, 0.3) is 0 Å². The fourth-order valence-electron chi connectivity index (χ4n) is 8.71. The number of nitrogens with zero attached hydrogens (tertiary/aromatic N) is 1. The Balaban J connectivity index is 1.41. The summed E-state index contributed by atoms with van der Waals surface area (Å²) in [5.74, 6) is 1.46. The van der Waals surface area contributed by atoms with E-state index in [0.29, 0.717) is 35.9 Å². The highest BCUT2D eigenvalue weighted by Crippen LogP contribution is 2.42. The lowest BCUT2D eigenvalue weighted by Crippen LogP contribution is -2.25. The lowest BCUT2D eigenvalue weighted by molar-refractivity contribution is 0.306. The molecule has 0 saturated carbocycles. The topological polar surface area (TPSA) is 55.7 Å². The molecule has 0 heterocycles. The normalized spacial score (nSPS) is 13.3. The first-order chi connectivity index (χ1) is 28.1. The first kappa shape index (κ1) is 47.4. The fourth-order valence-corrected chi connectivity index (χ4v) is 8.71. The number of phenolic OH excluding ortho intramolecular Hbond substituents is 2. The maximum absolute atomic E-state index is 11.6. The van der Waals surface area contributed by atoms with Crippen molar-refractivity contribution >= 4 is 17.1 Å². The van der Waals surface area contributed by atoms with Crippen LogP contribution in [0, 0.1) is 11.3 Å². The van der Waals surface area contributed by atoms with Gasteiger partial charge in [0.15, 0.2) is 0 Å². The second kappa shape index (κ2) is 18.0. The van der Waals surface area contributed by atoms with Crippen LogP contribution in [0.2, 0.25) is 0 Å². The maximum Gasteiger partial charge on any atom is 0.123 e. The van der Waals surface area contributed by atoms with Gasteiger partial charge in [0.2, 0.25) is 0 Å². The number of phenols is 2. The van der Waals surface area contributed by atoms with Crippen LogP contribution in [0.3, 0.4) is 0 Å². The van der Waals surface area contributed by atoms with Crippen molar-refractivity contribution in [2.75, 3.05) is 10.2 Å². The quantitative estimate of drug-likeness (QED) is 0.117. The molecule has 0 aliphatic carbocycles. The summed E-state index contributed by atoms with van der Waals surface area (Å²) < 4.78 is 0. The molecule has 5 aromatic rings. The zero-order chi connectivity index (χ0) is 45.3. The van der Waals surface area contributed by atoms with E-state index < -0.39 is 0 Å². The van der Waals surface area contributed by atoms with Crippen LogP contribution in [-0.2, 0) is 47.6 Å². The molecule has 1 atom stereocenters.